The van der Waals surface area contributed by atoms with Gasteiger partial charge < -0.3 is 30.3 Å². The third kappa shape index (κ3) is 27.2. The number of hydrogen-bond donors (Lipinski definition) is 4. The topological polar surface area (TPSA) is 192 Å². The molecule has 0 bridgehead atoms. The first-order valence-corrected chi connectivity index (χ1v) is 22.7. The molecule has 0 radical (unpaired) electrons. The highest BCUT2D eigenvalue weighted by molar-refractivity contribution is 7.47. The summed E-state index contributed by atoms with van der Waals surface area (Å²) in [5.41, 5.74) is 5.34. The molecule has 56 heavy (non-hydrogen) atoms. The van der Waals surface area contributed by atoms with Crippen LogP contribution in [0, 0.1) is 11.8 Å². The molecule has 1 saturated carbocycles. The molecule has 0 aromatic rings. The molecule has 0 saturated heterocycles. The lowest BCUT2D eigenvalue weighted by atomic mass is 9.88. The van der Waals surface area contributed by atoms with Crippen molar-refractivity contribution < 1.29 is 52.6 Å². The van der Waals surface area contributed by atoms with Crippen molar-refractivity contribution in [2.24, 2.45) is 17.6 Å². The fourth-order valence-electron chi connectivity index (χ4n) is 6.37. The number of carbonyl (C=O) groups excluding carboxylic acids is 3. The molecule has 0 spiro atoms. The van der Waals surface area contributed by atoms with Crippen molar-refractivity contribution in [1.82, 2.24) is 0 Å². The van der Waals surface area contributed by atoms with Crippen LogP contribution in [0.1, 0.15) is 149 Å². The minimum absolute atomic E-state index is 0.00564. The molecule has 0 aromatic heterocycles. The number of carbonyl (C=O) groups is 3. The average Bonchev–Trinajstić information content (AvgIpc) is 3.44. The number of aliphatic hydroxyl groups is 2. The lowest BCUT2D eigenvalue weighted by Crippen LogP contribution is -2.29. The van der Waals surface area contributed by atoms with Crippen molar-refractivity contribution in [2.75, 3.05) is 26.4 Å². The van der Waals surface area contributed by atoms with Crippen molar-refractivity contribution >= 4 is 25.5 Å². The van der Waals surface area contributed by atoms with Gasteiger partial charge in [-0.3, -0.25) is 23.4 Å². The number of esters is 2. The number of nitrogens with two attached hydrogens (primary N) is 1. The molecular weight excluding hydrogens is 737 g/mol. The van der Waals surface area contributed by atoms with Crippen LogP contribution >= 0.6 is 7.82 Å². The first-order chi connectivity index (χ1) is 27.0. The highest BCUT2D eigenvalue weighted by atomic mass is 31.2. The molecule has 0 heterocycles. The Hall–Kier alpha value is -2.44. The van der Waals surface area contributed by atoms with E-state index in [-0.39, 0.29) is 50.7 Å². The van der Waals surface area contributed by atoms with Gasteiger partial charge in [0.25, 0.3) is 0 Å². The van der Waals surface area contributed by atoms with E-state index in [1.54, 1.807) is 12.2 Å². The molecular formula is C43H74NO11P. The molecule has 0 aromatic carbocycles. The molecule has 1 aliphatic carbocycles. The van der Waals surface area contributed by atoms with Crippen molar-refractivity contribution in [3.63, 3.8) is 0 Å². The molecule has 6 atom stereocenters. The Kier molecular flexibility index (Phi) is 30.9. The molecule has 322 valence electrons. The molecule has 0 amide bonds. The quantitative estimate of drug-likeness (QED) is 0.0207. The second-order valence-corrected chi connectivity index (χ2v) is 16.1. The van der Waals surface area contributed by atoms with Gasteiger partial charge in [-0.1, -0.05) is 114 Å². The van der Waals surface area contributed by atoms with Gasteiger partial charge >= 0.3 is 19.8 Å². The van der Waals surface area contributed by atoms with E-state index in [9.17, 15) is 34.1 Å². The van der Waals surface area contributed by atoms with E-state index < -0.39 is 50.6 Å². The van der Waals surface area contributed by atoms with E-state index in [2.05, 4.69) is 50.3 Å². The maximum absolute atomic E-state index is 12.7. The Morgan fingerprint density at radius 2 is 1.43 bits per heavy atom. The standard InChI is InChI=1S/C43H74NO11P/c1-3-5-7-8-9-10-11-12-13-14-15-16-17-18-23-27-42(48)52-34-37(35-54-56(50,51)53-32-31-44)55-43(49)28-24-20-19-22-26-38-39(41(47)33-40(38)46)30-29-36(45)25-21-6-4-2/h9-10,12-13,15-16,29-30,36-40,45-46H,3-8,11,14,17-28,31-35,44H2,1-2H3,(H,50,51)/b10-9-,13-12-,16-15-,30-29+/t36-,37+,38+,39+,40-/m0/s1. The predicted octanol–water partition coefficient (Wildman–Crippen LogP) is 8.53. The van der Waals surface area contributed by atoms with Crippen LogP contribution in [0.2, 0.25) is 0 Å². The van der Waals surface area contributed by atoms with Gasteiger partial charge in [0.2, 0.25) is 0 Å². The number of phosphoric ester groups is 1. The summed E-state index contributed by atoms with van der Waals surface area (Å²) >= 11 is 0. The lowest BCUT2D eigenvalue weighted by Gasteiger charge is -2.20. The summed E-state index contributed by atoms with van der Waals surface area (Å²) in [5.74, 6) is -1.64. The maximum atomic E-state index is 12.7. The summed E-state index contributed by atoms with van der Waals surface area (Å²) < 4.78 is 32.7. The minimum atomic E-state index is -4.45. The van der Waals surface area contributed by atoms with Crippen molar-refractivity contribution in [1.29, 1.82) is 0 Å². The van der Waals surface area contributed by atoms with Crippen molar-refractivity contribution in [3.05, 3.63) is 48.6 Å². The number of hydrogen-bond acceptors (Lipinski definition) is 11. The lowest BCUT2D eigenvalue weighted by molar-refractivity contribution is -0.161. The van der Waals surface area contributed by atoms with Gasteiger partial charge in [-0.25, -0.2) is 4.57 Å². The van der Waals surface area contributed by atoms with Crippen LogP contribution in [-0.4, -0.2) is 77.5 Å². The molecule has 0 aliphatic heterocycles. The van der Waals surface area contributed by atoms with Gasteiger partial charge in [0.05, 0.1) is 25.4 Å². The monoisotopic (exact) mass is 811 g/mol. The Bertz CT molecular complexity index is 1220. The minimum Gasteiger partial charge on any atom is -0.462 e. The number of rotatable bonds is 35. The first kappa shape index (κ1) is 51.6. The zero-order valence-corrected chi connectivity index (χ0v) is 35.2. The Morgan fingerprint density at radius 3 is 2.11 bits per heavy atom. The number of aliphatic hydroxyl groups excluding tert-OH is 2. The fraction of sp³-hybridized carbons (Fsp3) is 0.744. The smallest absolute Gasteiger partial charge is 0.462 e. The highest BCUT2D eigenvalue weighted by Gasteiger charge is 2.39. The van der Waals surface area contributed by atoms with Gasteiger partial charge in [-0.05, 0) is 70.1 Å². The van der Waals surface area contributed by atoms with Crippen molar-refractivity contribution in [2.45, 2.75) is 167 Å². The number of allylic oxidation sites excluding steroid dienone is 7. The van der Waals surface area contributed by atoms with E-state index in [1.807, 2.05) is 0 Å². The molecule has 13 heteroatoms. The molecule has 1 fully saturated rings. The summed E-state index contributed by atoms with van der Waals surface area (Å²) in [6.45, 7) is 3.26. The third-order valence-corrected chi connectivity index (χ3v) is 10.6. The van der Waals surface area contributed by atoms with Crippen LogP contribution in [-0.2, 0) is 37.5 Å². The SMILES string of the molecule is CCCCC/C=C\C/C=C\C/C=C\CCCCC(=O)OC[C@H](COP(=O)(O)OCCN)OC(=O)CCCCCC[C@H]1[C@@H](O)CC(=O)[C@@H]1/C=C/[C@@H](O)CCCCC. The van der Waals surface area contributed by atoms with Gasteiger partial charge in [-0.15, -0.1) is 0 Å². The average molecular weight is 812 g/mol. The summed E-state index contributed by atoms with van der Waals surface area (Å²) in [6, 6.07) is 0. The van der Waals surface area contributed by atoms with E-state index in [0.29, 0.717) is 32.1 Å². The second kappa shape index (κ2) is 33.5. The molecule has 12 nitrogen and oxygen atoms in total. The van der Waals surface area contributed by atoms with Crippen LogP contribution in [0.5, 0.6) is 0 Å². The Labute approximate surface area is 337 Å². The van der Waals surface area contributed by atoms with Crippen LogP contribution in [0.3, 0.4) is 0 Å². The number of Topliss-reactive ketones (excluding diaryl/α,β-unsaturated/α-hetero) is 1. The zero-order valence-electron chi connectivity index (χ0n) is 34.3. The van der Waals surface area contributed by atoms with Crippen molar-refractivity contribution in [3.8, 4) is 0 Å². The fourth-order valence-corrected chi connectivity index (χ4v) is 7.13. The number of unbranched alkanes of at least 4 members (excludes halogenated alkanes) is 10. The summed E-state index contributed by atoms with van der Waals surface area (Å²) in [5, 5.41) is 20.7. The Balaban J connectivity index is 2.43. The van der Waals surface area contributed by atoms with E-state index >= 15 is 0 Å². The maximum Gasteiger partial charge on any atom is 0.472 e. The van der Waals surface area contributed by atoms with Gasteiger partial charge in [0.15, 0.2) is 6.10 Å². The van der Waals surface area contributed by atoms with Crippen LogP contribution < -0.4 is 5.73 Å². The number of phosphoric acid groups is 1. The second-order valence-electron chi connectivity index (χ2n) is 14.6. The molecule has 1 rings (SSSR count). The number of ketones is 1. The normalized spacial score (nSPS) is 19.8. The third-order valence-electron chi connectivity index (χ3n) is 9.59. The molecule has 5 N–H and O–H groups in total. The molecule has 1 aliphatic rings. The van der Waals surface area contributed by atoms with Crippen LogP contribution in [0.4, 0.5) is 0 Å². The van der Waals surface area contributed by atoms with Crippen LogP contribution in [0.15, 0.2) is 48.6 Å². The predicted molar refractivity (Wildman–Crippen MR) is 220 cm³/mol. The van der Waals surface area contributed by atoms with E-state index in [0.717, 1.165) is 64.2 Å². The largest absolute Gasteiger partial charge is 0.472 e. The number of ether oxygens (including phenoxy) is 2. The highest BCUT2D eigenvalue weighted by Crippen LogP contribution is 2.43. The first-order valence-electron chi connectivity index (χ1n) is 21.2. The Morgan fingerprint density at radius 1 is 0.821 bits per heavy atom. The van der Waals surface area contributed by atoms with Gasteiger partial charge in [-0.2, -0.15) is 0 Å². The van der Waals surface area contributed by atoms with Gasteiger partial charge in [0, 0.05) is 31.7 Å². The molecule has 1 unspecified atom stereocenters. The summed E-state index contributed by atoms with van der Waals surface area (Å²) in [7, 11) is -4.45. The zero-order chi connectivity index (χ0) is 41.3. The van der Waals surface area contributed by atoms with E-state index in [4.69, 9.17) is 24.3 Å². The van der Waals surface area contributed by atoms with Gasteiger partial charge in [0.1, 0.15) is 12.4 Å². The summed E-state index contributed by atoms with van der Waals surface area (Å²) in [6.07, 6.45) is 30.5. The van der Waals surface area contributed by atoms with E-state index in [1.165, 1.54) is 19.3 Å². The summed E-state index contributed by atoms with van der Waals surface area (Å²) in [4.78, 5) is 47.5. The van der Waals surface area contributed by atoms with Crippen LogP contribution in [0.25, 0.3) is 0 Å².